The highest BCUT2D eigenvalue weighted by Crippen LogP contribution is 2.28. The fourth-order valence-corrected chi connectivity index (χ4v) is 2.68. The molecule has 0 spiro atoms. The minimum absolute atomic E-state index is 0.598. The number of methoxy groups -OCH3 is 3. The van der Waals surface area contributed by atoms with Crippen LogP contribution in [-0.2, 0) is 13.1 Å². The second kappa shape index (κ2) is 10.9. The fraction of sp³-hybridized carbons (Fsp3) is 0.381. The van der Waals surface area contributed by atoms with Crippen LogP contribution in [0.5, 0.6) is 23.0 Å². The van der Waals surface area contributed by atoms with E-state index in [4.69, 9.17) is 18.9 Å². The van der Waals surface area contributed by atoms with Crippen molar-refractivity contribution in [3.05, 3.63) is 47.5 Å². The van der Waals surface area contributed by atoms with Crippen molar-refractivity contribution in [2.75, 3.05) is 35.0 Å². The van der Waals surface area contributed by atoms with E-state index in [1.807, 2.05) is 43.3 Å². The second-order valence-electron chi connectivity index (χ2n) is 5.89. The predicted octanol–water partition coefficient (Wildman–Crippen LogP) is 2.98. The van der Waals surface area contributed by atoms with Gasteiger partial charge in [-0.05, 0) is 42.3 Å². The molecule has 0 fully saturated rings. The van der Waals surface area contributed by atoms with Gasteiger partial charge in [-0.25, -0.2) is 0 Å². The molecule has 2 N–H and O–H groups in total. The van der Waals surface area contributed by atoms with Crippen LogP contribution >= 0.6 is 0 Å². The van der Waals surface area contributed by atoms with Crippen molar-refractivity contribution in [1.29, 1.82) is 0 Å². The largest absolute Gasteiger partial charge is 0.493 e. The Bertz CT molecular complexity index is 793. The third-order valence-electron chi connectivity index (χ3n) is 4.12. The maximum absolute atomic E-state index is 5.55. The molecule has 0 bridgehead atoms. The summed E-state index contributed by atoms with van der Waals surface area (Å²) in [6, 6.07) is 11.7. The van der Waals surface area contributed by atoms with Crippen molar-refractivity contribution in [2.45, 2.75) is 20.0 Å². The lowest BCUT2D eigenvalue weighted by atomic mass is 10.2. The van der Waals surface area contributed by atoms with Crippen molar-refractivity contribution in [2.24, 2.45) is 4.99 Å². The molecule has 0 heterocycles. The van der Waals surface area contributed by atoms with E-state index in [0.717, 1.165) is 22.6 Å². The van der Waals surface area contributed by atoms with Gasteiger partial charge in [0.2, 0.25) is 0 Å². The molecule has 2 aromatic rings. The zero-order valence-electron chi connectivity index (χ0n) is 17.2. The maximum atomic E-state index is 5.55. The molecule has 28 heavy (non-hydrogen) atoms. The van der Waals surface area contributed by atoms with E-state index in [9.17, 15) is 0 Å². The normalized spacial score (nSPS) is 11.0. The van der Waals surface area contributed by atoms with Crippen LogP contribution in [0.4, 0.5) is 0 Å². The van der Waals surface area contributed by atoms with Gasteiger partial charge in [0.1, 0.15) is 0 Å². The molecule has 7 heteroatoms. The van der Waals surface area contributed by atoms with E-state index in [1.165, 1.54) is 0 Å². The first kappa shape index (κ1) is 21.2. The van der Waals surface area contributed by atoms with Gasteiger partial charge in [-0.3, -0.25) is 4.99 Å². The number of hydrogen-bond donors (Lipinski definition) is 2. The van der Waals surface area contributed by atoms with Crippen LogP contribution in [0.15, 0.2) is 41.4 Å². The molecule has 0 saturated carbocycles. The zero-order valence-corrected chi connectivity index (χ0v) is 17.2. The van der Waals surface area contributed by atoms with Crippen LogP contribution in [0.3, 0.4) is 0 Å². The standard InChI is InChI=1S/C21H29N3O4/c1-6-28-18-10-8-16(12-20(18)27-5)14-24-21(22-2)23-13-15-7-9-17(25-3)19(11-15)26-4/h7-12H,6,13-14H2,1-5H3,(H2,22,23,24). The van der Waals surface area contributed by atoms with Crippen LogP contribution < -0.4 is 29.6 Å². The van der Waals surface area contributed by atoms with Gasteiger partial charge in [0.05, 0.1) is 27.9 Å². The molecule has 0 amide bonds. The highest BCUT2D eigenvalue weighted by molar-refractivity contribution is 5.79. The second-order valence-corrected chi connectivity index (χ2v) is 5.89. The molecule has 0 aliphatic heterocycles. The van der Waals surface area contributed by atoms with Gasteiger partial charge >= 0.3 is 0 Å². The molecule has 0 atom stereocenters. The number of benzene rings is 2. The van der Waals surface area contributed by atoms with E-state index in [0.29, 0.717) is 37.2 Å². The van der Waals surface area contributed by atoms with Gasteiger partial charge in [-0.2, -0.15) is 0 Å². The Morgan fingerprint density at radius 3 is 1.75 bits per heavy atom. The first-order valence-corrected chi connectivity index (χ1v) is 9.10. The lowest BCUT2D eigenvalue weighted by Crippen LogP contribution is -2.36. The van der Waals surface area contributed by atoms with E-state index < -0.39 is 0 Å². The Kier molecular flexibility index (Phi) is 8.27. The lowest BCUT2D eigenvalue weighted by Gasteiger charge is -2.15. The van der Waals surface area contributed by atoms with Crippen LogP contribution in [0, 0.1) is 0 Å². The predicted molar refractivity (Wildman–Crippen MR) is 111 cm³/mol. The van der Waals surface area contributed by atoms with Gasteiger partial charge < -0.3 is 29.6 Å². The summed E-state index contributed by atoms with van der Waals surface area (Å²) in [5.74, 6) is 3.56. The van der Waals surface area contributed by atoms with E-state index in [1.54, 1.807) is 28.4 Å². The van der Waals surface area contributed by atoms with Gasteiger partial charge in [-0.15, -0.1) is 0 Å². The number of ether oxygens (including phenoxy) is 4. The van der Waals surface area contributed by atoms with Crippen molar-refractivity contribution >= 4 is 5.96 Å². The Labute approximate surface area is 166 Å². The molecule has 0 aliphatic rings. The summed E-state index contributed by atoms with van der Waals surface area (Å²) in [5, 5.41) is 6.59. The molecule has 7 nitrogen and oxygen atoms in total. The summed E-state index contributed by atoms with van der Waals surface area (Å²) in [4.78, 5) is 4.27. The average molecular weight is 387 g/mol. The third-order valence-corrected chi connectivity index (χ3v) is 4.12. The zero-order chi connectivity index (χ0) is 20.4. The van der Waals surface area contributed by atoms with Crippen molar-refractivity contribution in [3.63, 3.8) is 0 Å². The number of rotatable bonds is 9. The Hall–Kier alpha value is -3.09. The topological polar surface area (TPSA) is 73.3 Å². The summed E-state index contributed by atoms with van der Waals surface area (Å²) in [5.41, 5.74) is 2.12. The first-order chi connectivity index (χ1) is 13.6. The molecule has 0 radical (unpaired) electrons. The highest BCUT2D eigenvalue weighted by Gasteiger charge is 2.07. The van der Waals surface area contributed by atoms with Crippen molar-refractivity contribution < 1.29 is 18.9 Å². The molecule has 0 saturated heterocycles. The van der Waals surface area contributed by atoms with Crippen molar-refractivity contribution in [3.8, 4) is 23.0 Å². The Morgan fingerprint density at radius 2 is 1.29 bits per heavy atom. The summed E-state index contributed by atoms with van der Waals surface area (Å²) in [6.07, 6.45) is 0. The van der Waals surface area contributed by atoms with E-state index >= 15 is 0 Å². The molecule has 0 unspecified atom stereocenters. The minimum atomic E-state index is 0.598. The maximum Gasteiger partial charge on any atom is 0.191 e. The summed E-state index contributed by atoms with van der Waals surface area (Å²) in [6.45, 7) is 3.75. The SMILES string of the molecule is CCOc1ccc(CNC(=NC)NCc2ccc(OC)c(OC)c2)cc1OC. The summed E-state index contributed by atoms with van der Waals surface area (Å²) >= 11 is 0. The van der Waals surface area contributed by atoms with Gasteiger partial charge in [0.25, 0.3) is 0 Å². The molecule has 0 aliphatic carbocycles. The molecule has 152 valence electrons. The molecule has 2 aromatic carbocycles. The number of hydrogen-bond acceptors (Lipinski definition) is 5. The van der Waals surface area contributed by atoms with Crippen LogP contribution in [0.25, 0.3) is 0 Å². The quantitative estimate of drug-likeness (QED) is 0.509. The number of guanidine groups is 1. The van der Waals surface area contributed by atoms with Crippen molar-refractivity contribution in [1.82, 2.24) is 10.6 Å². The molecular formula is C21H29N3O4. The monoisotopic (exact) mass is 387 g/mol. The van der Waals surface area contributed by atoms with Crippen LogP contribution in [0.2, 0.25) is 0 Å². The third kappa shape index (κ3) is 5.70. The molecular weight excluding hydrogens is 358 g/mol. The van der Waals surface area contributed by atoms with Crippen LogP contribution in [0.1, 0.15) is 18.1 Å². The molecule has 0 aromatic heterocycles. The fourth-order valence-electron chi connectivity index (χ4n) is 2.68. The van der Waals surface area contributed by atoms with Gasteiger partial charge in [-0.1, -0.05) is 12.1 Å². The number of nitrogens with one attached hydrogen (secondary N) is 2. The van der Waals surface area contributed by atoms with E-state index in [-0.39, 0.29) is 0 Å². The molecule has 2 rings (SSSR count). The van der Waals surface area contributed by atoms with Crippen LogP contribution in [-0.4, -0.2) is 40.9 Å². The number of nitrogens with zero attached hydrogens (tertiary/aromatic N) is 1. The Balaban J connectivity index is 1.95. The van der Waals surface area contributed by atoms with E-state index in [2.05, 4.69) is 15.6 Å². The smallest absolute Gasteiger partial charge is 0.191 e. The summed E-state index contributed by atoms with van der Waals surface area (Å²) in [7, 11) is 6.62. The average Bonchev–Trinajstić information content (AvgIpc) is 2.74. The van der Waals surface area contributed by atoms with Gasteiger partial charge in [0.15, 0.2) is 29.0 Å². The minimum Gasteiger partial charge on any atom is -0.493 e. The first-order valence-electron chi connectivity index (χ1n) is 9.10. The van der Waals surface area contributed by atoms with Gasteiger partial charge in [0, 0.05) is 20.1 Å². The lowest BCUT2D eigenvalue weighted by molar-refractivity contribution is 0.310. The Morgan fingerprint density at radius 1 is 0.786 bits per heavy atom. The summed E-state index contributed by atoms with van der Waals surface area (Å²) < 4.78 is 21.6. The number of aliphatic imine (C=N–C) groups is 1. The highest BCUT2D eigenvalue weighted by atomic mass is 16.5.